The van der Waals surface area contributed by atoms with E-state index in [1.807, 2.05) is 46.5 Å². The Morgan fingerprint density at radius 1 is 1.00 bits per heavy atom. The maximum Gasteiger partial charge on any atom is 0.320 e. The highest BCUT2D eigenvalue weighted by molar-refractivity contribution is 6.30. The van der Waals surface area contributed by atoms with Crippen LogP contribution in [0.4, 0.5) is 4.79 Å². The number of carbonyl (C=O) groups excluding carboxylic acids is 1. The van der Waals surface area contributed by atoms with Crippen LogP contribution in [0.2, 0.25) is 5.02 Å². The molecule has 3 aromatic rings. The molecule has 4 heterocycles. The molecule has 1 N–H and O–H groups in total. The Kier molecular flexibility index (Phi) is 5.83. The molecule has 2 saturated heterocycles. The predicted octanol–water partition coefficient (Wildman–Crippen LogP) is 4.27. The summed E-state index contributed by atoms with van der Waals surface area (Å²) in [4.78, 5) is 21.4. The summed E-state index contributed by atoms with van der Waals surface area (Å²) < 4.78 is 2.20. The number of benzene rings is 1. The Morgan fingerprint density at radius 2 is 1.77 bits per heavy atom. The summed E-state index contributed by atoms with van der Waals surface area (Å²) in [7, 11) is 0. The van der Waals surface area contributed by atoms with Crippen molar-refractivity contribution in [3.8, 4) is 5.69 Å². The lowest BCUT2D eigenvalue weighted by Gasteiger charge is -2.35. The molecule has 0 atom stereocenters. The topological polar surface area (TPSA) is 53.4 Å². The van der Waals surface area contributed by atoms with E-state index in [4.69, 9.17) is 11.6 Å². The number of hydrogen-bond acceptors (Lipinski definition) is 3. The lowest BCUT2D eigenvalue weighted by atomic mass is 9.89. The standard InChI is InChI=1S/C24H28ClN5O/c25-19-2-4-20(5-3-19)30-17-22(21-6-10-27-16-23(21)30)18-7-13-29(14-8-18)24(31)28-12-1-9-26-11-15-28/h2-6,10,16-18,26H,1,7-9,11-15H2. The van der Waals surface area contributed by atoms with Gasteiger partial charge in [-0.1, -0.05) is 11.6 Å². The minimum Gasteiger partial charge on any atom is -0.325 e. The molecule has 162 valence electrons. The van der Waals surface area contributed by atoms with Crippen LogP contribution >= 0.6 is 11.6 Å². The average molecular weight is 438 g/mol. The van der Waals surface area contributed by atoms with Gasteiger partial charge in [-0.2, -0.15) is 0 Å². The van der Waals surface area contributed by atoms with E-state index >= 15 is 0 Å². The van der Waals surface area contributed by atoms with Gasteiger partial charge in [0.2, 0.25) is 0 Å². The van der Waals surface area contributed by atoms with Crippen LogP contribution in [0.3, 0.4) is 0 Å². The molecule has 31 heavy (non-hydrogen) atoms. The van der Waals surface area contributed by atoms with Crippen LogP contribution in [0.1, 0.15) is 30.7 Å². The number of rotatable bonds is 2. The first kappa shape index (κ1) is 20.3. The average Bonchev–Trinajstić information content (AvgIpc) is 2.99. The van der Waals surface area contributed by atoms with E-state index in [9.17, 15) is 4.79 Å². The normalized spacial score (nSPS) is 18.4. The molecule has 5 rings (SSSR count). The minimum atomic E-state index is 0.204. The van der Waals surface area contributed by atoms with Crippen molar-refractivity contribution in [2.75, 3.05) is 39.3 Å². The third-order valence-electron chi connectivity index (χ3n) is 6.56. The van der Waals surface area contributed by atoms with E-state index in [2.05, 4.69) is 27.1 Å². The second kappa shape index (κ2) is 8.89. The number of carbonyl (C=O) groups is 1. The zero-order chi connectivity index (χ0) is 21.2. The van der Waals surface area contributed by atoms with Crippen LogP contribution in [0, 0.1) is 0 Å². The molecule has 0 aliphatic carbocycles. The number of urea groups is 1. The Morgan fingerprint density at radius 3 is 2.58 bits per heavy atom. The fourth-order valence-corrected chi connectivity index (χ4v) is 4.99. The number of hydrogen-bond donors (Lipinski definition) is 1. The molecule has 2 aliphatic heterocycles. The van der Waals surface area contributed by atoms with Crippen molar-refractivity contribution in [3.05, 3.63) is 59.5 Å². The highest BCUT2D eigenvalue weighted by Crippen LogP contribution is 2.35. The number of pyridine rings is 1. The maximum atomic E-state index is 13.0. The van der Waals surface area contributed by atoms with Crippen molar-refractivity contribution in [1.29, 1.82) is 0 Å². The van der Waals surface area contributed by atoms with Crippen molar-refractivity contribution in [3.63, 3.8) is 0 Å². The highest BCUT2D eigenvalue weighted by atomic mass is 35.5. The van der Waals surface area contributed by atoms with Crippen LogP contribution in [0.15, 0.2) is 48.9 Å². The number of nitrogens with one attached hydrogen (secondary N) is 1. The van der Waals surface area contributed by atoms with E-state index in [-0.39, 0.29) is 6.03 Å². The fourth-order valence-electron chi connectivity index (χ4n) is 4.86. The molecule has 6 nitrogen and oxygen atoms in total. The zero-order valence-corrected chi connectivity index (χ0v) is 18.4. The van der Waals surface area contributed by atoms with Gasteiger partial charge in [0, 0.05) is 61.2 Å². The summed E-state index contributed by atoms with van der Waals surface area (Å²) in [6, 6.07) is 10.2. The zero-order valence-electron chi connectivity index (χ0n) is 17.6. The van der Waals surface area contributed by atoms with Crippen LogP contribution in [0.25, 0.3) is 16.6 Å². The van der Waals surface area contributed by atoms with Gasteiger partial charge in [-0.05, 0) is 67.6 Å². The van der Waals surface area contributed by atoms with Crippen molar-refractivity contribution >= 4 is 28.5 Å². The molecule has 1 aromatic carbocycles. The van der Waals surface area contributed by atoms with Crippen LogP contribution < -0.4 is 5.32 Å². The summed E-state index contributed by atoms with van der Waals surface area (Å²) in [5.74, 6) is 0.438. The number of halogens is 1. The molecule has 2 fully saturated rings. The summed E-state index contributed by atoms with van der Waals surface area (Å²) in [6.45, 7) is 5.17. The Balaban J connectivity index is 1.35. The van der Waals surface area contributed by atoms with Gasteiger partial charge in [0.15, 0.2) is 0 Å². The second-order valence-corrected chi connectivity index (χ2v) is 8.89. The lowest BCUT2D eigenvalue weighted by molar-refractivity contribution is 0.142. The molecular formula is C24H28ClN5O. The minimum absolute atomic E-state index is 0.204. The molecule has 2 amide bonds. The molecule has 2 aliphatic rings. The molecule has 0 radical (unpaired) electrons. The monoisotopic (exact) mass is 437 g/mol. The van der Waals surface area contributed by atoms with E-state index in [0.717, 1.165) is 74.8 Å². The van der Waals surface area contributed by atoms with Gasteiger partial charge < -0.3 is 19.7 Å². The number of aromatic nitrogens is 2. The van der Waals surface area contributed by atoms with Gasteiger partial charge in [0.05, 0.1) is 11.7 Å². The summed E-state index contributed by atoms with van der Waals surface area (Å²) in [5, 5.41) is 5.35. The molecule has 0 bridgehead atoms. The number of likely N-dealkylation sites (tertiary alicyclic amines) is 1. The number of nitrogens with zero attached hydrogens (tertiary/aromatic N) is 4. The molecule has 7 heteroatoms. The summed E-state index contributed by atoms with van der Waals surface area (Å²) in [6.07, 6.45) is 9.04. The van der Waals surface area contributed by atoms with Crippen molar-refractivity contribution in [1.82, 2.24) is 24.7 Å². The molecular weight excluding hydrogens is 410 g/mol. The van der Waals surface area contributed by atoms with Crippen molar-refractivity contribution in [2.24, 2.45) is 0 Å². The molecule has 0 unspecified atom stereocenters. The van der Waals surface area contributed by atoms with Gasteiger partial charge in [0.1, 0.15) is 0 Å². The van der Waals surface area contributed by atoms with Crippen molar-refractivity contribution < 1.29 is 4.79 Å². The quantitative estimate of drug-likeness (QED) is 0.651. The first-order valence-corrected chi connectivity index (χ1v) is 11.5. The first-order chi connectivity index (χ1) is 15.2. The SMILES string of the molecule is O=C(N1CCCNCC1)N1CCC(c2cn(-c3ccc(Cl)cc3)c3cnccc23)CC1. The molecule has 0 saturated carbocycles. The van der Waals surface area contributed by atoms with Gasteiger partial charge in [0.25, 0.3) is 0 Å². The van der Waals surface area contributed by atoms with Gasteiger partial charge in [-0.15, -0.1) is 0 Å². The van der Waals surface area contributed by atoms with Crippen LogP contribution in [0.5, 0.6) is 0 Å². The van der Waals surface area contributed by atoms with E-state index < -0.39 is 0 Å². The number of fused-ring (bicyclic) bond motifs is 1. The Hall–Kier alpha value is -2.57. The van der Waals surface area contributed by atoms with E-state index in [0.29, 0.717) is 5.92 Å². The maximum absolute atomic E-state index is 13.0. The Labute approximate surface area is 187 Å². The number of piperidine rings is 1. The molecule has 2 aromatic heterocycles. The third kappa shape index (κ3) is 4.14. The van der Waals surface area contributed by atoms with E-state index in [1.54, 1.807) is 0 Å². The largest absolute Gasteiger partial charge is 0.325 e. The number of amides is 2. The fraction of sp³-hybridized carbons (Fsp3) is 0.417. The van der Waals surface area contributed by atoms with Gasteiger partial charge in [-0.3, -0.25) is 4.98 Å². The highest BCUT2D eigenvalue weighted by Gasteiger charge is 2.29. The van der Waals surface area contributed by atoms with Crippen LogP contribution in [-0.2, 0) is 0 Å². The second-order valence-electron chi connectivity index (χ2n) is 8.46. The van der Waals surface area contributed by atoms with E-state index in [1.165, 1.54) is 10.9 Å². The summed E-state index contributed by atoms with van der Waals surface area (Å²) in [5.41, 5.74) is 3.53. The Bertz CT molecular complexity index is 1050. The van der Waals surface area contributed by atoms with Gasteiger partial charge >= 0.3 is 6.03 Å². The summed E-state index contributed by atoms with van der Waals surface area (Å²) >= 11 is 6.09. The third-order valence-corrected chi connectivity index (χ3v) is 6.81. The van der Waals surface area contributed by atoms with Crippen LogP contribution in [-0.4, -0.2) is 64.7 Å². The van der Waals surface area contributed by atoms with Crippen molar-refractivity contribution in [2.45, 2.75) is 25.2 Å². The first-order valence-electron chi connectivity index (χ1n) is 11.2. The smallest absolute Gasteiger partial charge is 0.320 e. The predicted molar refractivity (Wildman–Crippen MR) is 124 cm³/mol. The van der Waals surface area contributed by atoms with Gasteiger partial charge in [-0.25, -0.2) is 4.79 Å². The molecule has 0 spiro atoms. The lowest BCUT2D eigenvalue weighted by Crippen LogP contribution is -2.47.